The van der Waals surface area contributed by atoms with Crippen LogP contribution < -0.4 is 11.1 Å². The normalized spacial score (nSPS) is 9.94. The number of ether oxygens (including phenoxy) is 1. The topological polar surface area (TPSA) is 101 Å². The average Bonchev–Trinajstić information content (AvgIpc) is 2.64. The van der Waals surface area contributed by atoms with Crippen LogP contribution in [0.15, 0.2) is 5.51 Å². The highest BCUT2D eigenvalue weighted by molar-refractivity contribution is 7.09. The summed E-state index contributed by atoms with van der Waals surface area (Å²) in [7, 11) is 0. The molecule has 1 rings (SSSR count). The van der Waals surface area contributed by atoms with Gasteiger partial charge in [0.2, 0.25) is 0 Å². The smallest absolute Gasteiger partial charge is 0.307 e. The van der Waals surface area contributed by atoms with E-state index in [0.29, 0.717) is 19.6 Å². The van der Waals surface area contributed by atoms with E-state index in [1.54, 1.807) is 16.8 Å². The lowest BCUT2D eigenvalue weighted by Crippen LogP contribution is -2.32. The van der Waals surface area contributed by atoms with Crippen molar-refractivity contribution in [2.24, 2.45) is 5.73 Å². The first kappa shape index (κ1) is 13.4. The van der Waals surface area contributed by atoms with Crippen LogP contribution in [0.2, 0.25) is 0 Å². The van der Waals surface area contributed by atoms with Gasteiger partial charge in [0.25, 0.3) is 0 Å². The molecular formula is C10H16N4O2S. The molecule has 0 atom stereocenters. The molecule has 1 aromatic heterocycles. The minimum absolute atomic E-state index is 0.141. The number of esters is 1. The molecule has 0 unspecified atom stereocenters. The maximum atomic E-state index is 11.3. The van der Waals surface area contributed by atoms with Crippen molar-refractivity contribution in [1.29, 1.82) is 5.41 Å². The van der Waals surface area contributed by atoms with Crippen LogP contribution in [-0.4, -0.2) is 30.1 Å². The molecular weight excluding hydrogens is 240 g/mol. The molecule has 1 heterocycles. The fourth-order valence-electron chi connectivity index (χ4n) is 1.20. The van der Waals surface area contributed by atoms with E-state index in [9.17, 15) is 4.79 Å². The van der Waals surface area contributed by atoms with Crippen molar-refractivity contribution in [1.82, 2.24) is 10.3 Å². The summed E-state index contributed by atoms with van der Waals surface area (Å²) in [5.41, 5.74) is 7.85. The number of hydrogen-bond donors (Lipinski definition) is 3. The molecule has 1 aromatic rings. The van der Waals surface area contributed by atoms with Crippen LogP contribution in [0.1, 0.15) is 17.0 Å². The zero-order valence-electron chi connectivity index (χ0n) is 9.66. The Bertz CT molecular complexity index is 391. The molecule has 0 saturated carbocycles. The van der Waals surface area contributed by atoms with Gasteiger partial charge in [-0.2, -0.15) is 0 Å². The Hall–Kier alpha value is -1.63. The lowest BCUT2D eigenvalue weighted by atomic mass is 10.3. The first-order valence-corrected chi connectivity index (χ1v) is 6.10. The van der Waals surface area contributed by atoms with E-state index in [4.69, 9.17) is 15.9 Å². The summed E-state index contributed by atoms with van der Waals surface area (Å²) in [5.74, 6) is -0.431. The summed E-state index contributed by atoms with van der Waals surface area (Å²) in [6, 6.07) is 0. The van der Waals surface area contributed by atoms with Crippen LogP contribution in [0.25, 0.3) is 0 Å². The van der Waals surface area contributed by atoms with E-state index < -0.39 is 0 Å². The molecule has 0 amide bonds. The van der Waals surface area contributed by atoms with E-state index in [-0.39, 0.29) is 18.3 Å². The van der Waals surface area contributed by atoms with E-state index in [2.05, 4.69) is 10.3 Å². The van der Waals surface area contributed by atoms with Crippen molar-refractivity contribution in [3.63, 3.8) is 0 Å². The molecule has 0 aromatic carbocycles. The number of carbonyl (C=O) groups excluding carboxylic acids is 1. The van der Waals surface area contributed by atoms with Gasteiger partial charge in [-0.3, -0.25) is 10.2 Å². The lowest BCUT2D eigenvalue weighted by molar-refractivity contribution is -0.143. The number of aromatic nitrogens is 1. The van der Waals surface area contributed by atoms with Crippen molar-refractivity contribution in [2.75, 3.05) is 13.2 Å². The maximum absolute atomic E-state index is 11.3. The van der Waals surface area contributed by atoms with Crippen LogP contribution in [-0.2, 0) is 16.0 Å². The van der Waals surface area contributed by atoms with Gasteiger partial charge in [-0.1, -0.05) is 0 Å². The molecule has 7 heteroatoms. The fourth-order valence-corrected chi connectivity index (χ4v) is 1.96. The highest BCUT2D eigenvalue weighted by Crippen LogP contribution is 2.12. The van der Waals surface area contributed by atoms with E-state index in [0.717, 1.165) is 10.6 Å². The molecule has 0 saturated heterocycles. The summed E-state index contributed by atoms with van der Waals surface area (Å²) in [6.45, 7) is 2.63. The summed E-state index contributed by atoms with van der Waals surface area (Å²) in [4.78, 5) is 16.5. The van der Waals surface area contributed by atoms with Gasteiger partial charge < -0.3 is 15.8 Å². The van der Waals surface area contributed by atoms with Crippen molar-refractivity contribution in [2.45, 2.75) is 19.8 Å². The molecule has 0 spiro atoms. The number of carbonyl (C=O) groups is 1. The van der Waals surface area contributed by atoms with Crippen LogP contribution in [0.3, 0.4) is 0 Å². The minimum Gasteiger partial charge on any atom is -0.465 e. The number of guanidine groups is 1. The monoisotopic (exact) mass is 256 g/mol. The lowest BCUT2D eigenvalue weighted by Gasteiger charge is -2.05. The second-order valence-electron chi connectivity index (χ2n) is 3.42. The van der Waals surface area contributed by atoms with Crippen molar-refractivity contribution >= 4 is 23.3 Å². The molecule has 6 nitrogen and oxygen atoms in total. The first-order chi connectivity index (χ1) is 8.09. The zero-order chi connectivity index (χ0) is 12.7. The van der Waals surface area contributed by atoms with Crippen LogP contribution in [0, 0.1) is 12.3 Å². The average molecular weight is 256 g/mol. The maximum Gasteiger partial charge on any atom is 0.307 e. The summed E-state index contributed by atoms with van der Waals surface area (Å²) >= 11 is 1.56. The van der Waals surface area contributed by atoms with Gasteiger partial charge in [-0.25, -0.2) is 4.98 Å². The standard InChI is InChI=1S/C10H16N4O2S/c1-7-8(17-6-14-7)3-5-16-9(15)2-4-13-10(11)12/h6H,2-5H2,1H3,(H4,11,12,13). The van der Waals surface area contributed by atoms with E-state index in [1.165, 1.54) is 0 Å². The first-order valence-electron chi connectivity index (χ1n) is 5.22. The number of nitrogens with two attached hydrogens (primary N) is 1. The Morgan fingerprint density at radius 1 is 1.71 bits per heavy atom. The Balaban J connectivity index is 2.12. The fraction of sp³-hybridized carbons (Fsp3) is 0.500. The molecule has 17 heavy (non-hydrogen) atoms. The van der Waals surface area contributed by atoms with Gasteiger partial charge in [-0.15, -0.1) is 11.3 Å². The third-order valence-electron chi connectivity index (χ3n) is 2.08. The largest absolute Gasteiger partial charge is 0.465 e. The van der Waals surface area contributed by atoms with Gasteiger partial charge in [0.15, 0.2) is 5.96 Å². The van der Waals surface area contributed by atoms with Crippen molar-refractivity contribution in [3.8, 4) is 0 Å². The molecule has 0 radical (unpaired) electrons. The van der Waals surface area contributed by atoms with Crippen LogP contribution in [0.5, 0.6) is 0 Å². The second-order valence-corrected chi connectivity index (χ2v) is 4.36. The summed E-state index contributed by atoms with van der Waals surface area (Å²) in [6.07, 6.45) is 0.906. The van der Waals surface area contributed by atoms with Crippen molar-refractivity contribution < 1.29 is 9.53 Å². The van der Waals surface area contributed by atoms with Gasteiger partial charge in [-0.05, 0) is 6.92 Å². The van der Waals surface area contributed by atoms with Crippen LogP contribution in [0.4, 0.5) is 0 Å². The SMILES string of the molecule is Cc1ncsc1CCOC(=O)CCNC(=N)N. The number of hydrogen-bond acceptors (Lipinski definition) is 5. The van der Waals surface area contributed by atoms with Crippen molar-refractivity contribution in [3.05, 3.63) is 16.1 Å². The van der Waals surface area contributed by atoms with Gasteiger partial charge >= 0.3 is 5.97 Å². The zero-order valence-corrected chi connectivity index (χ0v) is 10.5. The molecule has 0 aliphatic rings. The number of nitrogens with zero attached hydrogens (tertiary/aromatic N) is 1. The highest BCUT2D eigenvalue weighted by Gasteiger charge is 2.05. The summed E-state index contributed by atoms with van der Waals surface area (Å²) in [5, 5.41) is 9.45. The van der Waals surface area contributed by atoms with Gasteiger partial charge in [0.05, 0.1) is 24.2 Å². The highest BCUT2D eigenvalue weighted by atomic mass is 32.1. The number of thiazole rings is 1. The molecule has 0 bridgehead atoms. The van der Waals surface area contributed by atoms with E-state index >= 15 is 0 Å². The molecule has 0 fully saturated rings. The third kappa shape index (κ3) is 5.30. The Morgan fingerprint density at radius 2 is 2.47 bits per heavy atom. The van der Waals surface area contributed by atoms with E-state index in [1.807, 2.05) is 6.92 Å². The second kappa shape index (κ2) is 6.85. The third-order valence-corrected chi connectivity index (χ3v) is 3.08. The molecule has 0 aliphatic carbocycles. The Labute approximate surface area is 104 Å². The van der Waals surface area contributed by atoms with Gasteiger partial charge in [0, 0.05) is 17.8 Å². The predicted octanol–water partition coefficient (Wildman–Crippen LogP) is 0.410. The predicted molar refractivity (Wildman–Crippen MR) is 66.0 cm³/mol. The van der Waals surface area contributed by atoms with Crippen LogP contribution >= 0.6 is 11.3 Å². The number of aryl methyl sites for hydroxylation is 1. The molecule has 0 aliphatic heterocycles. The minimum atomic E-state index is -0.291. The summed E-state index contributed by atoms with van der Waals surface area (Å²) < 4.78 is 5.04. The Morgan fingerprint density at radius 3 is 3.06 bits per heavy atom. The molecule has 94 valence electrons. The number of rotatable bonds is 6. The van der Waals surface area contributed by atoms with Gasteiger partial charge in [0.1, 0.15) is 0 Å². The molecule has 4 N–H and O–H groups in total. The quantitative estimate of drug-likeness (QED) is 0.389. The Kier molecular flexibility index (Phi) is 5.41. The number of nitrogens with one attached hydrogen (secondary N) is 2.